The van der Waals surface area contributed by atoms with Crippen molar-refractivity contribution in [3.63, 3.8) is 0 Å². The Bertz CT molecular complexity index is 1060. The smallest absolute Gasteiger partial charge is 0.286 e. The Labute approximate surface area is 182 Å². The molecule has 0 saturated carbocycles. The number of hydrogen-bond acceptors (Lipinski definition) is 6. The van der Waals surface area contributed by atoms with Crippen molar-refractivity contribution in [2.24, 2.45) is 0 Å². The Hall–Kier alpha value is -2.94. The standard InChI is InChI=1S/C21H22BrN3O5/c1-13-20(22)14(2)25(24-13)9-3-8-23-21(26)18-7-5-16(30-18)11-27-15-4-6-17-19(10-15)29-12-28-17/h4-7,10H,3,8-9,11-12H2,1-2H3,(H,23,26). The van der Waals surface area contributed by atoms with Crippen LogP contribution >= 0.6 is 15.9 Å². The van der Waals surface area contributed by atoms with Gasteiger partial charge in [-0.3, -0.25) is 9.48 Å². The number of aryl methyl sites for hydroxylation is 2. The van der Waals surface area contributed by atoms with Gasteiger partial charge in [0, 0.05) is 24.8 Å². The summed E-state index contributed by atoms with van der Waals surface area (Å²) in [6, 6.07) is 8.73. The van der Waals surface area contributed by atoms with Crippen LogP contribution in [0.5, 0.6) is 17.2 Å². The minimum atomic E-state index is -0.251. The molecule has 0 fully saturated rings. The number of furan rings is 1. The monoisotopic (exact) mass is 475 g/mol. The highest BCUT2D eigenvalue weighted by atomic mass is 79.9. The molecule has 9 heteroatoms. The first-order chi connectivity index (χ1) is 14.5. The maximum absolute atomic E-state index is 12.3. The molecule has 0 radical (unpaired) electrons. The third-order valence-corrected chi connectivity index (χ3v) is 5.88. The number of amides is 1. The Balaban J connectivity index is 1.23. The predicted molar refractivity (Wildman–Crippen MR) is 112 cm³/mol. The molecule has 1 aliphatic rings. The van der Waals surface area contributed by atoms with Gasteiger partial charge in [0.05, 0.1) is 10.2 Å². The summed E-state index contributed by atoms with van der Waals surface area (Å²) < 4.78 is 24.9. The molecule has 0 bridgehead atoms. The number of halogens is 1. The van der Waals surface area contributed by atoms with Crippen molar-refractivity contribution >= 4 is 21.8 Å². The summed E-state index contributed by atoms with van der Waals surface area (Å²) in [7, 11) is 0. The normalized spacial score (nSPS) is 12.2. The van der Waals surface area contributed by atoms with Gasteiger partial charge in [-0.2, -0.15) is 5.10 Å². The second kappa shape index (κ2) is 8.83. The first-order valence-electron chi connectivity index (χ1n) is 9.60. The topological polar surface area (TPSA) is 87.8 Å². The van der Waals surface area contributed by atoms with Crippen molar-refractivity contribution in [2.75, 3.05) is 13.3 Å². The van der Waals surface area contributed by atoms with Crippen LogP contribution in [0.3, 0.4) is 0 Å². The molecule has 0 unspecified atom stereocenters. The molecule has 0 saturated heterocycles. The largest absolute Gasteiger partial charge is 0.486 e. The van der Waals surface area contributed by atoms with Crippen LogP contribution < -0.4 is 19.5 Å². The van der Waals surface area contributed by atoms with E-state index < -0.39 is 0 Å². The molecule has 3 aromatic rings. The van der Waals surface area contributed by atoms with E-state index in [4.69, 9.17) is 18.6 Å². The summed E-state index contributed by atoms with van der Waals surface area (Å²) in [6.07, 6.45) is 0.765. The number of benzene rings is 1. The van der Waals surface area contributed by atoms with Gasteiger partial charge in [-0.15, -0.1) is 0 Å². The fraction of sp³-hybridized carbons (Fsp3) is 0.333. The Morgan fingerprint density at radius 1 is 1.23 bits per heavy atom. The zero-order valence-corrected chi connectivity index (χ0v) is 18.3. The number of nitrogens with zero attached hydrogens (tertiary/aromatic N) is 2. The highest BCUT2D eigenvalue weighted by Gasteiger charge is 2.15. The molecule has 8 nitrogen and oxygen atoms in total. The van der Waals surface area contributed by atoms with Crippen LogP contribution in [0.4, 0.5) is 0 Å². The van der Waals surface area contributed by atoms with Crippen LogP contribution in [0.15, 0.2) is 39.2 Å². The molecule has 0 aliphatic carbocycles. The van der Waals surface area contributed by atoms with Gasteiger partial charge >= 0.3 is 0 Å². The van der Waals surface area contributed by atoms with Gasteiger partial charge in [0.25, 0.3) is 5.91 Å². The van der Waals surface area contributed by atoms with Gasteiger partial charge in [0.1, 0.15) is 18.1 Å². The highest BCUT2D eigenvalue weighted by Crippen LogP contribution is 2.35. The van der Waals surface area contributed by atoms with Crippen molar-refractivity contribution in [3.8, 4) is 17.2 Å². The average Bonchev–Trinajstić information content (AvgIpc) is 3.46. The van der Waals surface area contributed by atoms with Crippen LogP contribution in [0.2, 0.25) is 0 Å². The van der Waals surface area contributed by atoms with Crippen molar-refractivity contribution in [1.82, 2.24) is 15.1 Å². The number of hydrogen-bond donors (Lipinski definition) is 1. The number of fused-ring (bicyclic) bond motifs is 1. The molecule has 1 N–H and O–H groups in total. The van der Waals surface area contributed by atoms with E-state index in [1.807, 2.05) is 18.5 Å². The number of carbonyl (C=O) groups is 1. The van der Waals surface area contributed by atoms with Crippen molar-refractivity contribution in [2.45, 2.75) is 33.4 Å². The number of carbonyl (C=O) groups excluding carboxylic acids is 1. The van der Waals surface area contributed by atoms with Crippen molar-refractivity contribution in [3.05, 3.63) is 57.7 Å². The second-order valence-corrected chi connectivity index (χ2v) is 7.68. The van der Waals surface area contributed by atoms with Crippen molar-refractivity contribution in [1.29, 1.82) is 0 Å². The molecular weight excluding hydrogens is 454 g/mol. The number of nitrogens with one attached hydrogen (secondary N) is 1. The summed E-state index contributed by atoms with van der Waals surface area (Å²) in [4.78, 5) is 12.3. The van der Waals surface area contributed by atoms with Crippen LogP contribution in [0.1, 0.15) is 34.1 Å². The Morgan fingerprint density at radius 2 is 2.07 bits per heavy atom. The SMILES string of the molecule is Cc1nn(CCCNC(=O)c2ccc(COc3ccc4c(c3)OCO4)o2)c(C)c1Br. The van der Waals surface area contributed by atoms with E-state index in [2.05, 4.69) is 26.3 Å². The molecule has 1 aromatic carbocycles. The lowest BCUT2D eigenvalue weighted by atomic mass is 10.3. The molecule has 1 amide bonds. The summed E-state index contributed by atoms with van der Waals surface area (Å²) in [5.41, 5.74) is 2.04. The third kappa shape index (κ3) is 4.46. The van der Waals surface area contributed by atoms with Gasteiger partial charge in [0.15, 0.2) is 17.3 Å². The minimum absolute atomic E-state index is 0.208. The van der Waals surface area contributed by atoms with E-state index in [0.29, 0.717) is 29.6 Å². The van der Waals surface area contributed by atoms with E-state index in [1.54, 1.807) is 30.3 Å². The second-order valence-electron chi connectivity index (χ2n) is 6.89. The quantitative estimate of drug-likeness (QED) is 0.495. The highest BCUT2D eigenvalue weighted by molar-refractivity contribution is 9.10. The molecule has 1 aliphatic heterocycles. The lowest BCUT2D eigenvalue weighted by molar-refractivity contribution is 0.0920. The summed E-state index contributed by atoms with van der Waals surface area (Å²) in [5, 5.41) is 7.33. The summed E-state index contributed by atoms with van der Waals surface area (Å²) in [6.45, 7) is 5.65. The van der Waals surface area contributed by atoms with Crippen LogP contribution in [-0.2, 0) is 13.2 Å². The molecule has 0 atom stereocenters. The maximum atomic E-state index is 12.3. The number of aromatic nitrogens is 2. The van der Waals surface area contributed by atoms with E-state index >= 15 is 0 Å². The van der Waals surface area contributed by atoms with Gasteiger partial charge in [0.2, 0.25) is 6.79 Å². The van der Waals surface area contributed by atoms with Gasteiger partial charge in [-0.05, 0) is 60.5 Å². The molecular formula is C21H22BrN3O5. The van der Waals surface area contributed by atoms with Crippen molar-refractivity contribution < 1.29 is 23.4 Å². The molecule has 30 heavy (non-hydrogen) atoms. The fourth-order valence-electron chi connectivity index (χ4n) is 3.11. The lowest BCUT2D eigenvalue weighted by Crippen LogP contribution is -2.25. The van der Waals surface area contributed by atoms with E-state index in [-0.39, 0.29) is 25.1 Å². The zero-order chi connectivity index (χ0) is 21.1. The minimum Gasteiger partial charge on any atom is -0.486 e. The average molecular weight is 476 g/mol. The van der Waals surface area contributed by atoms with Gasteiger partial charge < -0.3 is 23.9 Å². The fourth-order valence-corrected chi connectivity index (χ4v) is 3.39. The number of ether oxygens (including phenoxy) is 3. The number of rotatable bonds is 8. The molecule has 0 spiro atoms. The van der Waals surface area contributed by atoms with Crippen LogP contribution in [-0.4, -0.2) is 29.0 Å². The van der Waals surface area contributed by atoms with Gasteiger partial charge in [-0.25, -0.2) is 0 Å². The molecule has 2 aromatic heterocycles. The maximum Gasteiger partial charge on any atom is 0.286 e. The summed E-state index contributed by atoms with van der Waals surface area (Å²) in [5.74, 6) is 2.55. The zero-order valence-electron chi connectivity index (χ0n) is 16.7. The predicted octanol–water partition coefficient (Wildman–Crippen LogP) is 3.98. The molecule has 158 valence electrons. The van der Waals surface area contributed by atoms with E-state index in [0.717, 1.165) is 28.8 Å². The lowest BCUT2D eigenvalue weighted by Gasteiger charge is -2.06. The molecule has 3 heterocycles. The van der Waals surface area contributed by atoms with Crippen LogP contribution in [0, 0.1) is 13.8 Å². The third-order valence-electron chi connectivity index (χ3n) is 4.74. The molecule has 4 rings (SSSR count). The first kappa shape index (κ1) is 20.3. The van der Waals surface area contributed by atoms with Crippen LogP contribution in [0.25, 0.3) is 0 Å². The Morgan fingerprint density at radius 3 is 2.87 bits per heavy atom. The summed E-state index contributed by atoms with van der Waals surface area (Å²) >= 11 is 3.52. The van der Waals surface area contributed by atoms with E-state index in [9.17, 15) is 4.79 Å². The van der Waals surface area contributed by atoms with Gasteiger partial charge in [-0.1, -0.05) is 0 Å². The Kier molecular flexibility index (Phi) is 5.98. The first-order valence-corrected chi connectivity index (χ1v) is 10.4. The van der Waals surface area contributed by atoms with E-state index in [1.165, 1.54) is 0 Å².